The molecule has 0 aromatic heterocycles. The number of methoxy groups -OCH3 is 1. The highest BCUT2D eigenvalue weighted by Crippen LogP contribution is 2.34. The zero-order valence-corrected chi connectivity index (χ0v) is 19.3. The molecule has 8 heteroatoms. The highest BCUT2D eigenvalue weighted by atomic mass is 32.2. The van der Waals surface area contributed by atoms with Crippen LogP contribution in [0.4, 0.5) is 11.4 Å². The quantitative estimate of drug-likeness (QED) is 0.583. The molecule has 0 fully saturated rings. The van der Waals surface area contributed by atoms with Gasteiger partial charge in [-0.1, -0.05) is 54.2 Å². The van der Waals surface area contributed by atoms with Gasteiger partial charge in [-0.3, -0.25) is 14.6 Å². The van der Waals surface area contributed by atoms with Crippen LogP contribution < -0.4 is 10.1 Å². The van der Waals surface area contributed by atoms with Crippen molar-refractivity contribution in [2.45, 2.75) is 12.5 Å². The summed E-state index contributed by atoms with van der Waals surface area (Å²) in [6.45, 7) is 0. The van der Waals surface area contributed by atoms with Crippen molar-refractivity contribution in [3.63, 3.8) is 0 Å². The predicted octanol–water partition coefficient (Wildman–Crippen LogP) is 4.27. The first-order valence-electron chi connectivity index (χ1n) is 10.8. The molecule has 0 unspecified atom stereocenters. The van der Waals surface area contributed by atoms with Crippen molar-refractivity contribution in [2.75, 3.05) is 18.2 Å². The minimum atomic E-state index is -0.525. The lowest BCUT2D eigenvalue weighted by Gasteiger charge is -2.25. The number of nitrogens with zero attached hydrogens (tertiary/aromatic N) is 3. The second-order valence-corrected chi connectivity index (χ2v) is 8.75. The number of benzene rings is 3. The molecule has 1 N–H and O–H groups in total. The Morgan fingerprint density at radius 3 is 2.53 bits per heavy atom. The average Bonchev–Trinajstić information content (AvgIpc) is 3.20. The van der Waals surface area contributed by atoms with Crippen LogP contribution >= 0.6 is 11.8 Å². The molecule has 3 aromatic rings. The van der Waals surface area contributed by atoms with E-state index in [1.165, 1.54) is 11.8 Å². The third kappa shape index (κ3) is 4.45. The van der Waals surface area contributed by atoms with E-state index in [9.17, 15) is 9.59 Å². The average molecular weight is 471 g/mol. The summed E-state index contributed by atoms with van der Waals surface area (Å²) in [5.74, 6) is 1.09. The van der Waals surface area contributed by atoms with Crippen LogP contribution in [0.15, 0.2) is 88.8 Å². The van der Waals surface area contributed by atoms with Crippen molar-refractivity contribution in [3.8, 4) is 5.75 Å². The second kappa shape index (κ2) is 9.52. The van der Waals surface area contributed by atoms with E-state index in [1.54, 1.807) is 36.3 Å². The van der Waals surface area contributed by atoms with Crippen molar-refractivity contribution in [3.05, 3.63) is 90.0 Å². The summed E-state index contributed by atoms with van der Waals surface area (Å²) in [7, 11) is 1.59. The number of amides is 2. The van der Waals surface area contributed by atoms with Crippen LogP contribution in [0.3, 0.4) is 0 Å². The number of anilines is 1. The Labute approximate surface area is 201 Å². The van der Waals surface area contributed by atoms with Gasteiger partial charge < -0.3 is 10.1 Å². The van der Waals surface area contributed by atoms with E-state index in [1.807, 2.05) is 54.6 Å². The predicted molar refractivity (Wildman–Crippen MR) is 135 cm³/mol. The van der Waals surface area contributed by atoms with Crippen molar-refractivity contribution in [2.24, 2.45) is 9.98 Å². The number of carbonyl (C=O) groups is 2. The molecule has 2 heterocycles. The maximum Gasteiger partial charge on any atom is 0.259 e. The van der Waals surface area contributed by atoms with Crippen LogP contribution in [0.1, 0.15) is 11.1 Å². The van der Waals surface area contributed by atoms with Crippen molar-refractivity contribution in [1.82, 2.24) is 4.90 Å². The number of aliphatic imine (C=N–C) groups is 2. The number of thioether (sulfide) groups is 1. The maximum atomic E-state index is 13.4. The Kier molecular flexibility index (Phi) is 6.14. The van der Waals surface area contributed by atoms with Gasteiger partial charge in [-0.05, 0) is 42.0 Å². The van der Waals surface area contributed by atoms with Gasteiger partial charge in [0.05, 0.1) is 18.6 Å². The highest BCUT2D eigenvalue weighted by molar-refractivity contribution is 8.14. The lowest BCUT2D eigenvalue weighted by Crippen LogP contribution is -2.41. The molecule has 170 valence electrons. The van der Waals surface area contributed by atoms with Gasteiger partial charge in [-0.2, -0.15) is 0 Å². The monoisotopic (exact) mass is 470 g/mol. The third-order valence-electron chi connectivity index (χ3n) is 5.53. The summed E-state index contributed by atoms with van der Waals surface area (Å²) in [6, 6.07) is 24.0. The Balaban J connectivity index is 1.34. The Bertz CT molecular complexity index is 1290. The van der Waals surface area contributed by atoms with Crippen molar-refractivity contribution < 1.29 is 14.3 Å². The number of hydrogen-bond acceptors (Lipinski definition) is 6. The summed E-state index contributed by atoms with van der Waals surface area (Å²) < 4.78 is 5.14. The zero-order valence-electron chi connectivity index (χ0n) is 18.5. The SMILES string of the molecule is COc1ccc(NC(=O)CSC2=Nc3ccccc3C3=N[C@H](Cc4ccccc4)C(=O)N23)cc1. The van der Waals surface area contributed by atoms with E-state index >= 15 is 0 Å². The molecule has 3 aromatic carbocycles. The molecule has 7 nitrogen and oxygen atoms in total. The largest absolute Gasteiger partial charge is 0.497 e. The topological polar surface area (TPSA) is 83.4 Å². The molecule has 2 amide bonds. The van der Waals surface area contributed by atoms with Crippen LogP contribution in [0, 0.1) is 0 Å². The molecule has 0 saturated carbocycles. The second-order valence-electron chi connectivity index (χ2n) is 7.81. The van der Waals surface area contributed by atoms with Crippen LogP contribution in [-0.2, 0) is 16.0 Å². The van der Waals surface area contributed by atoms with E-state index in [-0.39, 0.29) is 17.6 Å². The first kappa shape index (κ1) is 21.9. The van der Waals surface area contributed by atoms with Gasteiger partial charge in [0, 0.05) is 17.7 Å². The minimum Gasteiger partial charge on any atom is -0.497 e. The molecule has 34 heavy (non-hydrogen) atoms. The molecule has 0 radical (unpaired) electrons. The van der Waals surface area contributed by atoms with Gasteiger partial charge in [-0.15, -0.1) is 0 Å². The summed E-state index contributed by atoms with van der Waals surface area (Å²) in [5.41, 5.74) is 3.27. The van der Waals surface area contributed by atoms with Crippen molar-refractivity contribution in [1.29, 1.82) is 0 Å². The minimum absolute atomic E-state index is 0.105. The van der Waals surface area contributed by atoms with Crippen LogP contribution in [0.5, 0.6) is 5.75 Å². The van der Waals surface area contributed by atoms with Gasteiger partial charge >= 0.3 is 0 Å². The number of ether oxygens (including phenoxy) is 1. The molecule has 0 aliphatic carbocycles. The Morgan fingerprint density at radius 1 is 1.03 bits per heavy atom. The smallest absolute Gasteiger partial charge is 0.259 e. The van der Waals surface area contributed by atoms with E-state index in [2.05, 4.69) is 10.3 Å². The summed E-state index contributed by atoms with van der Waals surface area (Å²) in [5, 5.41) is 3.32. The van der Waals surface area contributed by atoms with Gasteiger partial charge in [0.25, 0.3) is 5.91 Å². The molecule has 5 rings (SSSR count). The van der Waals surface area contributed by atoms with Gasteiger partial charge in [0.15, 0.2) is 5.17 Å². The third-order valence-corrected chi connectivity index (χ3v) is 6.46. The zero-order chi connectivity index (χ0) is 23.5. The fraction of sp³-hybridized carbons (Fsp3) is 0.154. The lowest BCUT2D eigenvalue weighted by molar-refractivity contribution is -0.124. The molecule has 0 bridgehead atoms. The van der Waals surface area contributed by atoms with Crippen LogP contribution in [-0.4, -0.2) is 46.6 Å². The molecule has 2 aliphatic rings. The molecule has 1 atom stereocenters. The Hall–Kier alpha value is -3.91. The first-order chi connectivity index (χ1) is 16.6. The number of fused-ring (bicyclic) bond motifs is 3. The van der Waals surface area contributed by atoms with Gasteiger partial charge in [0.2, 0.25) is 5.91 Å². The lowest BCUT2D eigenvalue weighted by atomic mass is 10.1. The number of nitrogens with one attached hydrogen (secondary N) is 1. The number of rotatable bonds is 6. The number of carbonyl (C=O) groups excluding carboxylic acids is 2. The van der Waals surface area contributed by atoms with Crippen LogP contribution in [0.25, 0.3) is 0 Å². The maximum absolute atomic E-state index is 13.4. The number of hydrogen-bond donors (Lipinski definition) is 1. The van der Waals surface area contributed by atoms with Gasteiger partial charge in [0.1, 0.15) is 17.6 Å². The fourth-order valence-electron chi connectivity index (χ4n) is 3.87. The summed E-state index contributed by atoms with van der Waals surface area (Å²) >= 11 is 1.22. The number of amidine groups is 2. The summed E-state index contributed by atoms with van der Waals surface area (Å²) in [4.78, 5) is 37.0. The standard InChI is InChI=1S/C26H22N4O3S/c1-33-19-13-11-18(12-14-19)27-23(31)16-34-26-29-21-10-6-5-9-20(21)24-28-22(25(32)30(24)26)15-17-7-3-2-4-8-17/h2-14,22H,15-16H2,1H3,(H,27,31)/t22-/m1/s1. The first-order valence-corrected chi connectivity index (χ1v) is 11.8. The van der Waals surface area contributed by atoms with E-state index in [0.717, 1.165) is 16.8 Å². The molecule has 0 spiro atoms. The Morgan fingerprint density at radius 2 is 1.76 bits per heavy atom. The highest BCUT2D eigenvalue weighted by Gasteiger charge is 2.41. The summed E-state index contributed by atoms with van der Waals surface area (Å²) in [6.07, 6.45) is 0.512. The van der Waals surface area contributed by atoms with E-state index in [4.69, 9.17) is 9.73 Å². The number of para-hydroxylation sites is 1. The normalized spacial score (nSPS) is 16.3. The van der Waals surface area contributed by atoms with E-state index in [0.29, 0.717) is 28.9 Å². The molecule has 0 saturated heterocycles. The molecular weight excluding hydrogens is 448 g/mol. The van der Waals surface area contributed by atoms with Crippen molar-refractivity contribution >= 4 is 46.0 Å². The molecular formula is C26H22N4O3S. The van der Waals surface area contributed by atoms with E-state index < -0.39 is 6.04 Å². The molecule has 2 aliphatic heterocycles. The fourth-order valence-corrected chi connectivity index (χ4v) is 4.67. The van der Waals surface area contributed by atoms with Crippen LogP contribution in [0.2, 0.25) is 0 Å². The van der Waals surface area contributed by atoms with Gasteiger partial charge in [-0.25, -0.2) is 9.89 Å².